The molecule has 2 fully saturated rings. The van der Waals surface area contributed by atoms with Gasteiger partial charge in [0.25, 0.3) is 0 Å². The lowest BCUT2D eigenvalue weighted by molar-refractivity contribution is -0.304. The smallest absolute Gasteiger partial charge is 0.184 e. The second kappa shape index (κ2) is 19.9. The van der Waals surface area contributed by atoms with E-state index in [1.54, 1.807) is 6.21 Å². The molecule has 1 aliphatic heterocycles. The van der Waals surface area contributed by atoms with E-state index in [9.17, 15) is 30.6 Å². The van der Waals surface area contributed by atoms with Crippen molar-refractivity contribution in [1.82, 2.24) is 0 Å². The van der Waals surface area contributed by atoms with Crippen molar-refractivity contribution in [2.45, 2.75) is 140 Å². The normalized spacial score (nSPS) is 33.7. The van der Waals surface area contributed by atoms with Crippen molar-refractivity contribution in [2.75, 3.05) is 20.3 Å². The molecule has 0 bridgehead atoms. The number of methoxy groups -OCH3 is 1. The van der Waals surface area contributed by atoms with E-state index in [1.807, 2.05) is 13.0 Å². The lowest BCUT2D eigenvalue weighted by Crippen LogP contribution is -2.65. The molecule has 0 aromatic heterocycles. The third-order valence-electron chi connectivity index (χ3n) is 8.23. The molecule has 0 aromatic rings. The standard InChI is InChI=1S/C32H57N3O10/c1-18(2)8-6-9-19(3)10-7-11-20(4)12-13-35-16-24-28(39)23(37)15-26(43-24)44-30-22(34)14-21(33)27(38)31(30)45-32(41)29(40)25(17-36)42-5/h8,10,12-13,21-32,36-41H,6-7,9,11,14-17,33-34H2,1-5H3/b19-10+,20-12+,35-13-. The zero-order valence-corrected chi connectivity index (χ0v) is 27.3. The van der Waals surface area contributed by atoms with Crippen LogP contribution in [0.1, 0.15) is 66.2 Å². The second-order valence-corrected chi connectivity index (χ2v) is 12.4. The molecule has 0 radical (unpaired) electrons. The molecule has 0 spiro atoms. The van der Waals surface area contributed by atoms with Gasteiger partial charge in [-0.3, -0.25) is 4.99 Å². The molecular weight excluding hydrogens is 586 g/mol. The van der Waals surface area contributed by atoms with Crippen molar-refractivity contribution in [3.63, 3.8) is 0 Å². The van der Waals surface area contributed by atoms with Gasteiger partial charge in [0.1, 0.15) is 36.6 Å². The van der Waals surface area contributed by atoms with Gasteiger partial charge in [-0.25, -0.2) is 0 Å². The Kier molecular flexibility index (Phi) is 17.5. The maximum Gasteiger partial charge on any atom is 0.184 e. The van der Waals surface area contributed by atoms with Gasteiger partial charge in [0.2, 0.25) is 0 Å². The highest BCUT2D eigenvalue weighted by atomic mass is 16.7. The number of aliphatic hydroxyl groups excluding tert-OH is 6. The third-order valence-corrected chi connectivity index (χ3v) is 8.23. The number of hydrogen-bond acceptors (Lipinski definition) is 13. The van der Waals surface area contributed by atoms with Crippen LogP contribution in [0.5, 0.6) is 0 Å². The number of ether oxygens (including phenoxy) is 4. The summed E-state index contributed by atoms with van der Waals surface area (Å²) in [6.45, 7) is 7.85. The van der Waals surface area contributed by atoms with E-state index in [-0.39, 0.29) is 19.4 Å². The zero-order chi connectivity index (χ0) is 33.7. The predicted octanol–water partition coefficient (Wildman–Crippen LogP) is 0.189. The zero-order valence-electron chi connectivity index (χ0n) is 27.3. The van der Waals surface area contributed by atoms with Crippen LogP contribution in [0.15, 0.2) is 39.9 Å². The molecule has 1 saturated carbocycles. The van der Waals surface area contributed by atoms with E-state index in [0.29, 0.717) is 0 Å². The summed E-state index contributed by atoms with van der Waals surface area (Å²) in [5.74, 6) is 0. The summed E-state index contributed by atoms with van der Waals surface area (Å²) in [6.07, 6.45) is -0.652. The minimum absolute atomic E-state index is 0.0554. The molecule has 45 heavy (non-hydrogen) atoms. The summed E-state index contributed by atoms with van der Waals surface area (Å²) in [4.78, 5) is 4.37. The molecule has 2 rings (SSSR count). The van der Waals surface area contributed by atoms with Crippen LogP contribution in [0.2, 0.25) is 0 Å². The summed E-state index contributed by atoms with van der Waals surface area (Å²) >= 11 is 0. The lowest BCUT2D eigenvalue weighted by atomic mass is 9.84. The summed E-state index contributed by atoms with van der Waals surface area (Å²) in [5.41, 5.74) is 16.2. The first kappa shape index (κ1) is 39.6. The fourth-order valence-electron chi connectivity index (χ4n) is 5.35. The van der Waals surface area contributed by atoms with Gasteiger partial charge in [0, 0.05) is 31.8 Å². The number of hydrogen-bond donors (Lipinski definition) is 8. The Morgan fingerprint density at radius 3 is 2.24 bits per heavy atom. The van der Waals surface area contributed by atoms with E-state index in [2.05, 4.69) is 37.9 Å². The van der Waals surface area contributed by atoms with Crippen molar-refractivity contribution in [3.8, 4) is 0 Å². The molecule has 260 valence electrons. The number of nitrogens with two attached hydrogens (primary N) is 2. The molecule has 12 unspecified atom stereocenters. The van der Waals surface area contributed by atoms with E-state index in [4.69, 9.17) is 30.4 Å². The highest BCUT2D eigenvalue weighted by molar-refractivity contribution is 5.72. The van der Waals surface area contributed by atoms with Crippen molar-refractivity contribution in [3.05, 3.63) is 34.9 Å². The first-order valence-electron chi connectivity index (χ1n) is 15.7. The summed E-state index contributed by atoms with van der Waals surface area (Å²) in [7, 11) is 1.25. The Balaban J connectivity index is 1.99. The third kappa shape index (κ3) is 12.9. The summed E-state index contributed by atoms with van der Waals surface area (Å²) in [6, 6.07) is -1.57. The number of nitrogens with zero attached hydrogens (tertiary/aromatic N) is 1. The first-order chi connectivity index (χ1) is 21.3. The fourth-order valence-corrected chi connectivity index (χ4v) is 5.35. The minimum atomic E-state index is -1.88. The van der Waals surface area contributed by atoms with Crippen molar-refractivity contribution < 1.29 is 49.6 Å². The first-order valence-corrected chi connectivity index (χ1v) is 15.7. The van der Waals surface area contributed by atoms with Gasteiger partial charge < -0.3 is 61.1 Å². The molecule has 10 N–H and O–H groups in total. The predicted molar refractivity (Wildman–Crippen MR) is 170 cm³/mol. The molecule has 13 nitrogen and oxygen atoms in total. The van der Waals surface area contributed by atoms with Crippen LogP contribution in [0.25, 0.3) is 0 Å². The fraction of sp³-hybridized carbons (Fsp3) is 0.781. The van der Waals surface area contributed by atoms with E-state index < -0.39 is 80.1 Å². The van der Waals surface area contributed by atoms with Gasteiger partial charge in [-0.05, 0) is 65.9 Å². The van der Waals surface area contributed by atoms with Crippen LogP contribution < -0.4 is 11.5 Å². The molecule has 0 amide bonds. The molecule has 12 atom stereocenters. The van der Waals surface area contributed by atoms with Crippen LogP contribution in [0, 0.1) is 0 Å². The Morgan fingerprint density at radius 1 is 0.933 bits per heavy atom. The monoisotopic (exact) mass is 643 g/mol. The molecule has 1 saturated heterocycles. The molecule has 1 heterocycles. The van der Waals surface area contributed by atoms with Crippen LogP contribution in [0.4, 0.5) is 0 Å². The Labute approximate surface area is 267 Å². The van der Waals surface area contributed by atoms with Gasteiger partial charge in [0.15, 0.2) is 12.6 Å². The van der Waals surface area contributed by atoms with Crippen molar-refractivity contribution >= 4 is 6.21 Å². The lowest BCUT2D eigenvalue weighted by Gasteiger charge is -2.46. The van der Waals surface area contributed by atoms with E-state index in [1.165, 1.54) is 18.3 Å². The largest absolute Gasteiger partial charge is 0.394 e. The van der Waals surface area contributed by atoms with E-state index >= 15 is 0 Å². The van der Waals surface area contributed by atoms with Gasteiger partial charge in [0.05, 0.1) is 25.4 Å². The Bertz CT molecular complexity index is 984. The highest BCUT2D eigenvalue weighted by Crippen LogP contribution is 2.30. The molecule has 13 heteroatoms. The average Bonchev–Trinajstić information content (AvgIpc) is 2.98. The van der Waals surface area contributed by atoms with Crippen LogP contribution in [0.3, 0.4) is 0 Å². The number of aliphatic hydroxyl groups is 6. The molecule has 1 aliphatic carbocycles. The Hall–Kier alpha value is -1.59. The summed E-state index contributed by atoms with van der Waals surface area (Å²) in [5, 5.41) is 62.1. The molecule has 0 aromatic carbocycles. The van der Waals surface area contributed by atoms with Crippen molar-refractivity contribution in [2.24, 2.45) is 16.5 Å². The summed E-state index contributed by atoms with van der Waals surface area (Å²) < 4.78 is 22.5. The topological polar surface area (TPSA) is 223 Å². The number of aliphatic imine (C=N–C) groups is 1. The van der Waals surface area contributed by atoms with Gasteiger partial charge >= 0.3 is 0 Å². The van der Waals surface area contributed by atoms with Crippen molar-refractivity contribution in [1.29, 1.82) is 0 Å². The van der Waals surface area contributed by atoms with Crippen LogP contribution >= 0.6 is 0 Å². The van der Waals surface area contributed by atoms with E-state index in [0.717, 1.165) is 31.3 Å². The van der Waals surface area contributed by atoms with Gasteiger partial charge in [-0.15, -0.1) is 0 Å². The highest BCUT2D eigenvalue weighted by Gasteiger charge is 2.48. The average molecular weight is 644 g/mol. The minimum Gasteiger partial charge on any atom is -0.394 e. The molecular formula is C32H57N3O10. The van der Waals surface area contributed by atoms with Gasteiger partial charge in [-0.1, -0.05) is 28.9 Å². The van der Waals surface area contributed by atoms with Gasteiger partial charge in [-0.2, -0.15) is 0 Å². The second-order valence-electron chi connectivity index (χ2n) is 12.4. The SMILES string of the molecule is COC(CO)C(O)C(O)OC1C(O)C(N)CC(N)C1OC1CC(O)C(O)C(C/N=C\C=C(/C)CC/C=C(\C)CCC=C(C)C)O1. The van der Waals surface area contributed by atoms with Crippen LogP contribution in [-0.2, 0) is 18.9 Å². The Morgan fingerprint density at radius 2 is 1.60 bits per heavy atom. The number of allylic oxidation sites excluding steroid dienone is 6. The maximum atomic E-state index is 10.8. The van der Waals surface area contributed by atoms with Crippen LogP contribution in [-0.4, -0.2) is 131 Å². The molecule has 2 aliphatic rings. The number of rotatable bonds is 17. The maximum absolute atomic E-state index is 10.8. The quantitative estimate of drug-likeness (QED) is 0.0604.